The Hall–Kier alpha value is -2.91. The predicted octanol–water partition coefficient (Wildman–Crippen LogP) is 2.12. The number of halogens is 2. The number of ether oxygens (including phenoxy) is 1. The van der Waals surface area contributed by atoms with E-state index < -0.39 is 29.4 Å². The van der Waals surface area contributed by atoms with Crippen LogP contribution in [0.2, 0.25) is 5.02 Å². The molecular formula is C19H14ClFN3O4S-. The molecule has 29 heavy (non-hydrogen) atoms. The first-order chi connectivity index (χ1) is 13.9. The molecule has 1 amide bonds. The molecule has 1 atom stereocenters. The summed E-state index contributed by atoms with van der Waals surface area (Å²) in [6.07, 6.45) is 1.07. The number of amides is 1. The van der Waals surface area contributed by atoms with Gasteiger partial charge in [-0.05, 0) is 42.0 Å². The van der Waals surface area contributed by atoms with Crippen molar-refractivity contribution >= 4 is 46.6 Å². The van der Waals surface area contributed by atoms with Crippen molar-refractivity contribution in [3.63, 3.8) is 0 Å². The number of nitrogens with zero attached hydrogens (tertiary/aromatic N) is 2. The number of thioether (sulfide) groups is 1. The normalized spacial score (nSPS) is 17.7. The second-order valence-electron chi connectivity index (χ2n) is 5.88. The molecule has 150 valence electrons. The fourth-order valence-corrected chi connectivity index (χ4v) is 3.49. The summed E-state index contributed by atoms with van der Waals surface area (Å²) in [6.45, 7) is -0.00343. The average Bonchev–Trinajstić information content (AvgIpc) is 3.01. The standard InChI is InChI=1S/C19H15ClFN3O4S/c20-14-2-1-3-15(21)13(14)10-28-12-6-4-11(5-7-12)9-22-24-19-23-18(27)16(29-19)8-17(25)26/h1-7,9,16H,8,10H2,(H,25,26)(H,23,24,27)/p-1/b22-9-/t16-/m0/s1. The third-order valence-electron chi connectivity index (χ3n) is 3.81. The van der Waals surface area contributed by atoms with E-state index >= 15 is 0 Å². The van der Waals surface area contributed by atoms with Crippen molar-refractivity contribution in [2.75, 3.05) is 0 Å². The Balaban J connectivity index is 1.55. The zero-order valence-electron chi connectivity index (χ0n) is 14.8. The lowest BCUT2D eigenvalue weighted by Crippen LogP contribution is -2.31. The average molecular weight is 435 g/mol. The van der Waals surface area contributed by atoms with E-state index in [4.69, 9.17) is 16.3 Å². The minimum Gasteiger partial charge on any atom is -0.550 e. The van der Waals surface area contributed by atoms with E-state index in [2.05, 4.69) is 15.5 Å². The van der Waals surface area contributed by atoms with Crippen LogP contribution in [0.3, 0.4) is 0 Å². The van der Waals surface area contributed by atoms with E-state index in [1.165, 1.54) is 18.3 Å². The molecule has 3 rings (SSSR count). The number of hydrogen-bond donors (Lipinski definition) is 1. The number of carbonyl (C=O) groups excluding carboxylic acids is 2. The first-order valence-electron chi connectivity index (χ1n) is 8.36. The van der Waals surface area contributed by atoms with Crippen molar-refractivity contribution in [3.05, 3.63) is 64.4 Å². The zero-order chi connectivity index (χ0) is 20.8. The van der Waals surface area contributed by atoms with E-state index in [1.54, 1.807) is 30.3 Å². The molecule has 0 aromatic heterocycles. The highest BCUT2D eigenvalue weighted by Crippen LogP contribution is 2.23. The van der Waals surface area contributed by atoms with Crippen LogP contribution in [0.15, 0.2) is 52.7 Å². The number of carboxylic acid groups (broad SMARTS) is 1. The summed E-state index contributed by atoms with van der Waals surface area (Å²) in [5.41, 5.74) is 0.995. The lowest BCUT2D eigenvalue weighted by atomic mass is 10.2. The molecule has 2 aromatic rings. The van der Waals surface area contributed by atoms with Gasteiger partial charge in [-0.2, -0.15) is 5.10 Å². The minimum absolute atomic E-state index is 0.00343. The lowest BCUT2D eigenvalue weighted by molar-refractivity contribution is -0.305. The molecular weight excluding hydrogens is 421 g/mol. The largest absolute Gasteiger partial charge is 0.550 e. The molecule has 1 aliphatic heterocycles. The van der Waals surface area contributed by atoms with Crippen molar-refractivity contribution in [2.45, 2.75) is 18.3 Å². The summed E-state index contributed by atoms with van der Waals surface area (Å²) in [5, 5.41) is 20.5. The number of nitrogens with one attached hydrogen (secondary N) is 1. The Labute approximate surface area is 174 Å². The third-order valence-corrected chi connectivity index (χ3v) is 5.24. The number of carboxylic acids is 1. The first kappa shape index (κ1) is 20.8. The van der Waals surface area contributed by atoms with Gasteiger partial charge in [0.1, 0.15) is 18.2 Å². The smallest absolute Gasteiger partial charge is 0.239 e. The van der Waals surface area contributed by atoms with E-state index in [0.29, 0.717) is 16.3 Å². The predicted molar refractivity (Wildman–Crippen MR) is 106 cm³/mol. The van der Waals surface area contributed by atoms with Crippen LogP contribution in [0.4, 0.5) is 4.39 Å². The van der Waals surface area contributed by atoms with Crippen molar-refractivity contribution in [2.24, 2.45) is 10.2 Å². The Morgan fingerprint density at radius 3 is 2.76 bits per heavy atom. The van der Waals surface area contributed by atoms with Crippen LogP contribution in [0.1, 0.15) is 17.5 Å². The molecule has 1 aliphatic rings. The maximum atomic E-state index is 13.7. The third kappa shape index (κ3) is 5.78. The van der Waals surface area contributed by atoms with Gasteiger partial charge in [0.25, 0.3) is 0 Å². The first-order valence-corrected chi connectivity index (χ1v) is 9.62. The Bertz CT molecular complexity index is 962. The quantitative estimate of drug-likeness (QED) is 0.531. The second-order valence-corrected chi connectivity index (χ2v) is 7.48. The zero-order valence-corrected chi connectivity index (χ0v) is 16.4. The molecule has 2 aromatic carbocycles. The summed E-state index contributed by atoms with van der Waals surface area (Å²) in [7, 11) is 0. The number of aliphatic carboxylic acids is 1. The fraction of sp³-hybridized carbons (Fsp3) is 0.158. The topological polar surface area (TPSA) is 103 Å². The fourth-order valence-electron chi connectivity index (χ4n) is 2.36. The molecule has 0 bridgehead atoms. The summed E-state index contributed by atoms with van der Waals surface area (Å²) in [6, 6.07) is 11.3. The molecule has 10 heteroatoms. The van der Waals surface area contributed by atoms with Gasteiger partial charge in [-0.3, -0.25) is 4.79 Å². The second kappa shape index (κ2) is 9.53. The number of rotatable bonds is 7. The number of carbonyl (C=O) groups is 2. The molecule has 1 heterocycles. The van der Waals surface area contributed by atoms with E-state index in [-0.39, 0.29) is 17.3 Å². The summed E-state index contributed by atoms with van der Waals surface area (Å²) < 4.78 is 19.3. The maximum absolute atomic E-state index is 13.7. The SMILES string of the molecule is O=C([O-])C[C@@H]1S/C(=N\N=C/c2ccc(OCc3c(F)cccc3Cl)cc2)NC1=O. The molecule has 1 saturated heterocycles. The summed E-state index contributed by atoms with van der Waals surface area (Å²) in [4.78, 5) is 22.2. The monoisotopic (exact) mass is 434 g/mol. The molecule has 1 fully saturated rings. The van der Waals surface area contributed by atoms with Crippen molar-refractivity contribution in [1.29, 1.82) is 0 Å². The minimum atomic E-state index is -1.30. The molecule has 0 radical (unpaired) electrons. The molecule has 0 spiro atoms. The van der Waals surface area contributed by atoms with Gasteiger partial charge in [-0.15, -0.1) is 5.10 Å². The van der Waals surface area contributed by atoms with Crippen LogP contribution in [0.5, 0.6) is 5.75 Å². The van der Waals surface area contributed by atoms with Crippen LogP contribution < -0.4 is 15.2 Å². The van der Waals surface area contributed by atoms with Crippen LogP contribution in [-0.2, 0) is 16.2 Å². The number of hydrogen-bond acceptors (Lipinski definition) is 7. The molecule has 0 unspecified atom stereocenters. The van der Waals surface area contributed by atoms with Crippen molar-refractivity contribution in [1.82, 2.24) is 5.32 Å². The van der Waals surface area contributed by atoms with E-state index in [9.17, 15) is 19.1 Å². The van der Waals surface area contributed by atoms with Gasteiger partial charge in [0.05, 0.1) is 16.5 Å². The highest BCUT2D eigenvalue weighted by molar-refractivity contribution is 8.15. The van der Waals surface area contributed by atoms with Gasteiger partial charge >= 0.3 is 0 Å². The Morgan fingerprint density at radius 2 is 2.07 bits per heavy atom. The number of amidine groups is 1. The summed E-state index contributed by atoms with van der Waals surface area (Å²) >= 11 is 6.95. The Morgan fingerprint density at radius 1 is 1.31 bits per heavy atom. The molecule has 7 nitrogen and oxygen atoms in total. The van der Waals surface area contributed by atoms with Gasteiger partial charge in [-0.1, -0.05) is 29.4 Å². The van der Waals surface area contributed by atoms with Crippen LogP contribution in [0, 0.1) is 5.82 Å². The van der Waals surface area contributed by atoms with Crippen LogP contribution >= 0.6 is 23.4 Å². The van der Waals surface area contributed by atoms with Gasteiger partial charge in [0.15, 0.2) is 5.17 Å². The van der Waals surface area contributed by atoms with Gasteiger partial charge in [-0.25, -0.2) is 4.39 Å². The molecule has 0 aliphatic carbocycles. The highest BCUT2D eigenvalue weighted by atomic mass is 35.5. The number of benzene rings is 2. The van der Waals surface area contributed by atoms with Crippen molar-refractivity contribution < 1.29 is 23.8 Å². The van der Waals surface area contributed by atoms with Gasteiger partial charge in [0, 0.05) is 18.0 Å². The lowest BCUT2D eigenvalue weighted by Gasteiger charge is -2.08. The summed E-state index contributed by atoms with van der Waals surface area (Å²) in [5.74, 6) is -1.65. The highest BCUT2D eigenvalue weighted by Gasteiger charge is 2.30. The Kier molecular flexibility index (Phi) is 6.84. The van der Waals surface area contributed by atoms with Gasteiger partial charge < -0.3 is 20.0 Å². The maximum Gasteiger partial charge on any atom is 0.239 e. The van der Waals surface area contributed by atoms with E-state index in [0.717, 1.165) is 11.8 Å². The molecule has 0 saturated carbocycles. The van der Waals surface area contributed by atoms with Crippen LogP contribution in [-0.4, -0.2) is 28.5 Å². The van der Waals surface area contributed by atoms with E-state index in [1.807, 2.05) is 0 Å². The van der Waals surface area contributed by atoms with Gasteiger partial charge in [0.2, 0.25) is 5.91 Å². The van der Waals surface area contributed by atoms with Crippen molar-refractivity contribution in [3.8, 4) is 5.75 Å². The molecule has 1 N–H and O–H groups in total. The van der Waals surface area contributed by atoms with Crippen LogP contribution in [0.25, 0.3) is 0 Å².